The van der Waals surface area contributed by atoms with Crippen LogP contribution >= 0.6 is 0 Å². The quantitative estimate of drug-likeness (QED) is 0.900. The van der Waals surface area contributed by atoms with Gasteiger partial charge in [0.15, 0.2) is 6.61 Å². The lowest BCUT2D eigenvalue weighted by Gasteiger charge is -2.30. The van der Waals surface area contributed by atoms with Gasteiger partial charge in [-0.15, -0.1) is 0 Å². The Labute approximate surface area is 136 Å². The minimum atomic E-state index is -0.267. The van der Waals surface area contributed by atoms with Gasteiger partial charge in [0.05, 0.1) is 0 Å². The Morgan fingerprint density at radius 2 is 2.00 bits per heavy atom. The van der Waals surface area contributed by atoms with Crippen molar-refractivity contribution in [1.29, 1.82) is 0 Å². The standard InChI is InChI=1S/C17H23N3O3/c18-17(22)12-6-9-20(10-7-12)16(21)11-23-15-5-8-19-14-4-2-1-3-13(14)15/h5,8,12H,1-4,6-7,9-11H2,(H2,18,22). The highest BCUT2D eigenvalue weighted by molar-refractivity contribution is 5.79. The maximum atomic E-state index is 12.3. The van der Waals surface area contributed by atoms with E-state index in [2.05, 4.69) is 4.98 Å². The lowest BCUT2D eigenvalue weighted by molar-refractivity contribution is -0.136. The molecule has 0 bridgehead atoms. The van der Waals surface area contributed by atoms with Crippen molar-refractivity contribution in [2.24, 2.45) is 11.7 Å². The van der Waals surface area contributed by atoms with Crippen LogP contribution in [-0.4, -0.2) is 41.4 Å². The van der Waals surface area contributed by atoms with E-state index >= 15 is 0 Å². The molecule has 3 rings (SSSR count). The largest absolute Gasteiger partial charge is 0.483 e. The smallest absolute Gasteiger partial charge is 0.260 e. The number of likely N-dealkylation sites (tertiary alicyclic amines) is 1. The number of pyridine rings is 1. The highest BCUT2D eigenvalue weighted by atomic mass is 16.5. The maximum absolute atomic E-state index is 12.3. The third-order valence-electron chi connectivity index (χ3n) is 4.79. The van der Waals surface area contributed by atoms with Crippen molar-refractivity contribution in [3.05, 3.63) is 23.5 Å². The van der Waals surface area contributed by atoms with Crippen LogP contribution in [0.3, 0.4) is 0 Å². The average molecular weight is 317 g/mol. The monoisotopic (exact) mass is 317 g/mol. The van der Waals surface area contributed by atoms with Crippen molar-refractivity contribution in [3.8, 4) is 5.75 Å². The van der Waals surface area contributed by atoms with E-state index in [9.17, 15) is 9.59 Å². The Bertz CT molecular complexity index is 595. The normalized spacial score (nSPS) is 18.3. The minimum Gasteiger partial charge on any atom is -0.483 e. The van der Waals surface area contributed by atoms with E-state index in [1.165, 1.54) is 0 Å². The first-order valence-electron chi connectivity index (χ1n) is 8.32. The Morgan fingerprint density at radius 3 is 2.74 bits per heavy atom. The van der Waals surface area contributed by atoms with E-state index in [4.69, 9.17) is 10.5 Å². The van der Waals surface area contributed by atoms with Gasteiger partial charge in [-0.1, -0.05) is 0 Å². The van der Waals surface area contributed by atoms with E-state index in [0.717, 1.165) is 42.7 Å². The van der Waals surface area contributed by atoms with E-state index in [0.29, 0.717) is 25.9 Å². The summed E-state index contributed by atoms with van der Waals surface area (Å²) in [6.07, 6.45) is 7.30. The molecule has 0 atom stereocenters. The number of carbonyl (C=O) groups is 2. The van der Waals surface area contributed by atoms with E-state index in [1.54, 1.807) is 11.1 Å². The number of ether oxygens (including phenoxy) is 1. The molecule has 2 heterocycles. The summed E-state index contributed by atoms with van der Waals surface area (Å²) < 4.78 is 5.77. The summed E-state index contributed by atoms with van der Waals surface area (Å²) in [5, 5.41) is 0. The molecule has 0 radical (unpaired) electrons. The van der Waals surface area contributed by atoms with Crippen molar-refractivity contribution >= 4 is 11.8 Å². The van der Waals surface area contributed by atoms with Crippen molar-refractivity contribution < 1.29 is 14.3 Å². The van der Waals surface area contributed by atoms with Gasteiger partial charge in [0.2, 0.25) is 5.91 Å². The third-order valence-corrected chi connectivity index (χ3v) is 4.79. The number of fused-ring (bicyclic) bond motifs is 1. The van der Waals surface area contributed by atoms with Crippen LogP contribution in [0.4, 0.5) is 0 Å². The number of amides is 2. The number of primary amides is 1. The summed E-state index contributed by atoms with van der Waals surface area (Å²) in [5.74, 6) is 0.383. The maximum Gasteiger partial charge on any atom is 0.260 e. The molecule has 1 fully saturated rings. The SMILES string of the molecule is NC(=O)C1CCN(C(=O)COc2ccnc3c2CCCC3)CC1. The molecule has 23 heavy (non-hydrogen) atoms. The zero-order chi connectivity index (χ0) is 16.2. The molecule has 6 heteroatoms. The molecule has 1 aliphatic heterocycles. The number of nitrogens with two attached hydrogens (primary N) is 1. The van der Waals surface area contributed by atoms with Gasteiger partial charge in [-0.05, 0) is 44.6 Å². The first-order chi connectivity index (χ1) is 11.1. The van der Waals surface area contributed by atoms with Gasteiger partial charge in [-0.25, -0.2) is 0 Å². The highest BCUT2D eigenvalue weighted by Crippen LogP contribution is 2.28. The van der Waals surface area contributed by atoms with Crippen LogP contribution < -0.4 is 10.5 Å². The summed E-state index contributed by atoms with van der Waals surface area (Å²) in [4.78, 5) is 29.6. The number of piperidine rings is 1. The molecule has 124 valence electrons. The van der Waals surface area contributed by atoms with Crippen molar-refractivity contribution in [3.63, 3.8) is 0 Å². The Morgan fingerprint density at radius 1 is 1.26 bits per heavy atom. The summed E-state index contributed by atoms with van der Waals surface area (Å²) in [6.45, 7) is 1.19. The number of rotatable bonds is 4. The molecule has 1 aromatic rings. The van der Waals surface area contributed by atoms with E-state index in [-0.39, 0.29) is 24.3 Å². The number of hydrogen-bond acceptors (Lipinski definition) is 4. The van der Waals surface area contributed by atoms with Gasteiger partial charge >= 0.3 is 0 Å². The van der Waals surface area contributed by atoms with Gasteiger partial charge in [0.1, 0.15) is 5.75 Å². The van der Waals surface area contributed by atoms with E-state index in [1.807, 2.05) is 6.07 Å². The fraction of sp³-hybridized carbons (Fsp3) is 0.588. The van der Waals surface area contributed by atoms with Crippen molar-refractivity contribution in [2.75, 3.05) is 19.7 Å². The Hall–Kier alpha value is -2.11. The molecule has 0 unspecified atom stereocenters. The molecule has 2 aliphatic rings. The second-order valence-corrected chi connectivity index (χ2v) is 6.29. The first kappa shape index (κ1) is 15.8. The Kier molecular flexibility index (Phi) is 4.79. The van der Waals surface area contributed by atoms with Gasteiger partial charge in [-0.2, -0.15) is 0 Å². The summed E-state index contributed by atoms with van der Waals surface area (Å²) >= 11 is 0. The number of aromatic nitrogens is 1. The van der Waals surface area contributed by atoms with Crippen LogP contribution in [-0.2, 0) is 22.4 Å². The van der Waals surface area contributed by atoms with Crippen molar-refractivity contribution in [2.45, 2.75) is 38.5 Å². The second kappa shape index (κ2) is 6.98. The van der Waals surface area contributed by atoms with Crippen LogP contribution in [0.25, 0.3) is 0 Å². The zero-order valence-electron chi connectivity index (χ0n) is 13.3. The predicted molar refractivity (Wildman–Crippen MR) is 84.9 cm³/mol. The fourth-order valence-electron chi connectivity index (χ4n) is 3.37. The summed E-state index contributed by atoms with van der Waals surface area (Å²) in [6, 6.07) is 1.84. The zero-order valence-corrected chi connectivity index (χ0v) is 13.3. The van der Waals surface area contributed by atoms with Gasteiger partial charge < -0.3 is 15.4 Å². The van der Waals surface area contributed by atoms with Gasteiger partial charge in [0.25, 0.3) is 5.91 Å². The molecule has 0 aromatic carbocycles. The molecular formula is C17H23N3O3. The highest BCUT2D eigenvalue weighted by Gasteiger charge is 2.26. The first-order valence-corrected chi connectivity index (χ1v) is 8.32. The summed E-state index contributed by atoms with van der Waals surface area (Å²) in [5.41, 5.74) is 7.57. The van der Waals surface area contributed by atoms with Crippen LogP contribution in [0.15, 0.2) is 12.3 Å². The number of aryl methyl sites for hydroxylation is 1. The minimum absolute atomic E-state index is 0.0331. The van der Waals surface area contributed by atoms with Gasteiger partial charge in [0, 0.05) is 36.5 Å². The topological polar surface area (TPSA) is 85.5 Å². The van der Waals surface area contributed by atoms with E-state index < -0.39 is 0 Å². The molecular weight excluding hydrogens is 294 g/mol. The van der Waals surface area contributed by atoms with Crippen LogP contribution in [0, 0.1) is 5.92 Å². The fourth-order valence-corrected chi connectivity index (χ4v) is 3.37. The lowest BCUT2D eigenvalue weighted by Crippen LogP contribution is -2.43. The molecule has 1 aliphatic carbocycles. The second-order valence-electron chi connectivity index (χ2n) is 6.29. The molecule has 0 spiro atoms. The van der Waals surface area contributed by atoms with Crippen LogP contribution in [0.1, 0.15) is 36.9 Å². The van der Waals surface area contributed by atoms with Crippen LogP contribution in [0.2, 0.25) is 0 Å². The Balaban J connectivity index is 1.55. The molecule has 1 aromatic heterocycles. The molecule has 2 N–H and O–H groups in total. The molecule has 2 amide bonds. The molecule has 6 nitrogen and oxygen atoms in total. The van der Waals surface area contributed by atoms with Crippen molar-refractivity contribution in [1.82, 2.24) is 9.88 Å². The van der Waals surface area contributed by atoms with Crippen LogP contribution in [0.5, 0.6) is 5.75 Å². The van der Waals surface area contributed by atoms with Gasteiger partial charge in [-0.3, -0.25) is 14.6 Å². The predicted octanol–water partition coefficient (Wildman–Crippen LogP) is 1.06. The molecule has 0 saturated carbocycles. The number of carbonyl (C=O) groups excluding carboxylic acids is 2. The average Bonchev–Trinajstić information content (AvgIpc) is 2.59. The summed E-state index contributed by atoms with van der Waals surface area (Å²) in [7, 11) is 0. The third kappa shape index (κ3) is 3.63. The molecule has 1 saturated heterocycles. The lowest BCUT2D eigenvalue weighted by atomic mass is 9.95. The number of hydrogen-bond donors (Lipinski definition) is 1. The number of nitrogens with zero attached hydrogens (tertiary/aromatic N) is 2.